The van der Waals surface area contributed by atoms with Gasteiger partial charge < -0.3 is 0 Å². The summed E-state index contributed by atoms with van der Waals surface area (Å²) in [6, 6.07) is 0. The van der Waals surface area contributed by atoms with Crippen LogP contribution in [0.2, 0.25) is 0 Å². The molecule has 1 aliphatic carbocycles. The molecule has 1 aliphatic rings. The third-order valence-corrected chi connectivity index (χ3v) is 2.23. The smallest absolute Gasteiger partial charge is 0.0173 e. The Kier molecular flexibility index (Phi) is 2.10. The van der Waals surface area contributed by atoms with Crippen LogP contribution in [0.5, 0.6) is 0 Å². The molecule has 0 N–H and O–H groups in total. The quantitative estimate of drug-likeness (QED) is 0.494. The molecule has 0 spiro atoms. The third-order valence-electron chi connectivity index (χ3n) is 2.23. The van der Waals surface area contributed by atoms with Crippen molar-refractivity contribution in [3.63, 3.8) is 0 Å². The predicted octanol–water partition coefficient (Wildman–Crippen LogP) is 2.77. The summed E-state index contributed by atoms with van der Waals surface area (Å²) in [4.78, 5) is 0. The number of allylic oxidation sites excluding steroid dienone is 2. The van der Waals surface area contributed by atoms with Crippen LogP contribution in [0.1, 0.15) is 19.3 Å². The van der Waals surface area contributed by atoms with Gasteiger partial charge in [-0.25, -0.2) is 0 Å². The summed E-state index contributed by atoms with van der Waals surface area (Å²) >= 11 is 0. The van der Waals surface area contributed by atoms with Gasteiger partial charge >= 0.3 is 0 Å². The molecule has 1 saturated carbocycles. The Morgan fingerprint density at radius 1 is 1.00 bits per heavy atom. The summed E-state index contributed by atoms with van der Waals surface area (Å²) in [5.41, 5.74) is 0. The molecule has 0 heterocycles. The first-order chi connectivity index (χ1) is 4.38. The average Bonchev–Trinajstić information content (AvgIpc) is 2.33. The van der Waals surface area contributed by atoms with E-state index in [1.165, 1.54) is 19.3 Å². The van der Waals surface area contributed by atoms with Gasteiger partial charge in [0.15, 0.2) is 0 Å². The van der Waals surface area contributed by atoms with Crippen molar-refractivity contribution in [2.45, 2.75) is 19.3 Å². The first-order valence-electron chi connectivity index (χ1n) is 3.63. The minimum absolute atomic E-state index is 0.725. The molecule has 1 rings (SSSR count). The number of rotatable bonds is 2. The molecule has 2 atom stereocenters. The maximum absolute atomic E-state index is 3.79. The molecule has 0 aromatic rings. The highest BCUT2D eigenvalue weighted by atomic mass is 14.3. The van der Waals surface area contributed by atoms with Gasteiger partial charge in [0.25, 0.3) is 0 Å². The van der Waals surface area contributed by atoms with Crippen LogP contribution in [0.4, 0.5) is 0 Å². The van der Waals surface area contributed by atoms with Crippen molar-refractivity contribution < 1.29 is 0 Å². The highest BCUT2D eigenvalue weighted by molar-refractivity contribution is 4.96. The molecule has 0 aromatic carbocycles. The Balaban J connectivity index is 2.50. The molecule has 0 aromatic heterocycles. The van der Waals surface area contributed by atoms with Crippen molar-refractivity contribution in [2.24, 2.45) is 11.8 Å². The second-order valence-electron chi connectivity index (χ2n) is 2.73. The van der Waals surface area contributed by atoms with Crippen LogP contribution in [0.3, 0.4) is 0 Å². The van der Waals surface area contributed by atoms with Gasteiger partial charge in [0, 0.05) is 0 Å². The second kappa shape index (κ2) is 2.86. The number of hydrogen-bond donors (Lipinski definition) is 0. The Labute approximate surface area is 57.3 Å². The summed E-state index contributed by atoms with van der Waals surface area (Å²) in [6.07, 6.45) is 8.13. The van der Waals surface area contributed by atoms with Gasteiger partial charge in [0.2, 0.25) is 0 Å². The molecule has 0 nitrogen and oxygen atoms in total. The van der Waals surface area contributed by atoms with E-state index in [4.69, 9.17) is 0 Å². The first-order valence-corrected chi connectivity index (χ1v) is 3.63. The van der Waals surface area contributed by atoms with E-state index >= 15 is 0 Å². The fourth-order valence-corrected chi connectivity index (χ4v) is 1.60. The van der Waals surface area contributed by atoms with E-state index < -0.39 is 0 Å². The van der Waals surface area contributed by atoms with E-state index in [0.717, 1.165) is 11.8 Å². The Morgan fingerprint density at radius 2 is 1.44 bits per heavy atom. The van der Waals surface area contributed by atoms with Gasteiger partial charge in [-0.2, -0.15) is 0 Å². The monoisotopic (exact) mass is 122 g/mol. The van der Waals surface area contributed by atoms with Crippen LogP contribution in [0.25, 0.3) is 0 Å². The zero-order valence-corrected chi connectivity index (χ0v) is 5.84. The maximum Gasteiger partial charge on any atom is -0.0173 e. The van der Waals surface area contributed by atoms with Crippen LogP contribution in [0, 0.1) is 11.8 Å². The first kappa shape index (κ1) is 6.60. The Morgan fingerprint density at radius 3 is 1.78 bits per heavy atom. The molecule has 0 bridgehead atoms. The topological polar surface area (TPSA) is 0 Å². The fraction of sp³-hybridized carbons (Fsp3) is 0.556. The van der Waals surface area contributed by atoms with Crippen molar-refractivity contribution >= 4 is 0 Å². The second-order valence-corrected chi connectivity index (χ2v) is 2.73. The van der Waals surface area contributed by atoms with E-state index in [-0.39, 0.29) is 0 Å². The van der Waals surface area contributed by atoms with Gasteiger partial charge in [-0.15, -0.1) is 13.2 Å². The maximum atomic E-state index is 3.79. The molecule has 1 fully saturated rings. The van der Waals surface area contributed by atoms with Crippen molar-refractivity contribution in [3.05, 3.63) is 25.3 Å². The molecule has 0 heteroatoms. The normalized spacial score (nSPS) is 34.2. The van der Waals surface area contributed by atoms with Crippen molar-refractivity contribution in [1.29, 1.82) is 0 Å². The standard InChI is InChI=1S/C9H14/c1-3-8-6-5-7-9(8)4-2/h3-4,8-9H,1-2,5-7H2/t8-,9-/m1/s1. The minimum atomic E-state index is 0.725. The molecule has 0 radical (unpaired) electrons. The van der Waals surface area contributed by atoms with Crippen LogP contribution >= 0.6 is 0 Å². The van der Waals surface area contributed by atoms with E-state index in [0.29, 0.717) is 0 Å². The Hall–Kier alpha value is -0.520. The van der Waals surface area contributed by atoms with E-state index in [1.54, 1.807) is 0 Å². The summed E-state index contributed by atoms with van der Waals surface area (Å²) in [6.45, 7) is 7.59. The number of hydrogen-bond acceptors (Lipinski definition) is 0. The van der Waals surface area contributed by atoms with Crippen LogP contribution in [-0.4, -0.2) is 0 Å². The third kappa shape index (κ3) is 1.24. The highest BCUT2D eigenvalue weighted by Gasteiger charge is 2.20. The molecular weight excluding hydrogens is 108 g/mol. The van der Waals surface area contributed by atoms with Gasteiger partial charge in [-0.1, -0.05) is 18.6 Å². The predicted molar refractivity (Wildman–Crippen MR) is 41.2 cm³/mol. The largest absolute Gasteiger partial charge is 0.103 e. The van der Waals surface area contributed by atoms with E-state index in [1.807, 2.05) is 0 Å². The SMILES string of the molecule is C=C[C@@H]1CCC[C@H]1C=C. The Bertz CT molecular complexity index is 99.2. The molecule has 0 aliphatic heterocycles. The highest BCUT2D eigenvalue weighted by Crippen LogP contribution is 2.32. The van der Waals surface area contributed by atoms with Gasteiger partial charge in [0.1, 0.15) is 0 Å². The van der Waals surface area contributed by atoms with Crippen molar-refractivity contribution in [2.75, 3.05) is 0 Å². The zero-order chi connectivity index (χ0) is 6.69. The van der Waals surface area contributed by atoms with E-state index in [9.17, 15) is 0 Å². The molecule has 0 amide bonds. The van der Waals surface area contributed by atoms with Crippen LogP contribution in [-0.2, 0) is 0 Å². The van der Waals surface area contributed by atoms with Crippen LogP contribution in [0.15, 0.2) is 25.3 Å². The molecule has 0 saturated heterocycles. The molecular formula is C9H14. The summed E-state index contributed by atoms with van der Waals surface area (Å²) in [5.74, 6) is 1.45. The van der Waals surface area contributed by atoms with Gasteiger partial charge in [0.05, 0.1) is 0 Å². The minimum Gasteiger partial charge on any atom is -0.103 e. The average molecular weight is 122 g/mol. The summed E-state index contributed by atoms with van der Waals surface area (Å²) < 4.78 is 0. The van der Waals surface area contributed by atoms with Crippen LogP contribution < -0.4 is 0 Å². The lowest BCUT2D eigenvalue weighted by molar-refractivity contribution is 0.560. The van der Waals surface area contributed by atoms with Crippen molar-refractivity contribution in [3.8, 4) is 0 Å². The summed E-state index contributed by atoms with van der Waals surface area (Å²) in [5, 5.41) is 0. The van der Waals surface area contributed by atoms with E-state index in [2.05, 4.69) is 25.3 Å². The van der Waals surface area contributed by atoms with Crippen molar-refractivity contribution in [1.82, 2.24) is 0 Å². The molecule has 0 unspecified atom stereocenters. The van der Waals surface area contributed by atoms with Gasteiger partial charge in [-0.05, 0) is 24.7 Å². The zero-order valence-electron chi connectivity index (χ0n) is 5.84. The summed E-state index contributed by atoms with van der Waals surface area (Å²) in [7, 11) is 0. The lowest BCUT2D eigenvalue weighted by Gasteiger charge is -2.08. The molecule has 9 heavy (non-hydrogen) atoms. The molecule has 50 valence electrons. The lowest BCUT2D eigenvalue weighted by Crippen LogP contribution is -1.99. The fourth-order valence-electron chi connectivity index (χ4n) is 1.60. The van der Waals surface area contributed by atoms with Gasteiger partial charge in [-0.3, -0.25) is 0 Å². The lowest BCUT2D eigenvalue weighted by atomic mass is 9.97.